The molecule has 0 aliphatic rings. The minimum atomic E-state index is -0.302. The molecule has 0 amide bonds. The minimum absolute atomic E-state index is 0.162. The fourth-order valence-electron chi connectivity index (χ4n) is 1.41. The first-order valence-corrected chi connectivity index (χ1v) is 5.50. The van der Waals surface area contributed by atoms with Crippen LogP contribution in [0.15, 0.2) is 18.2 Å². The van der Waals surface area contributed by atoms with Crippen molar-refractivity contribution in [3.8, 4) is 0 Å². The summed E-state index contributed by atoms with van der Waals surface area (Å²) in [6.45, 7) is 3.74. The summed E-state index contributed by atoms with van der Waals surface area (Å²) >= 11 is 3.34. The summed E-state index contributed by atoms with van der Waals surface area (Å²) in [5, 5.41) is 11.6. The fourth-order valence-corrected chi connectivity index (χ4v) is 1.76. The first kappa shape index (κ1) is 11.2. The lowest BCUT2D eigenvalue weighted by Crippen LogP contribution is -2.02. The SMILES string of the molecule is Cc1cccc(C(C)CBr)c1[N+](=O)[O-]. The van der Waals surface area contributed by atoms with Crippen molar-refractivity contribution in [1.29, 1.82) is 0 Å². The molecule has 1 unspecified atom stereocenters. The van der Waals surface area contributed by atoms with E-state index in [1.54, 1.807) is 13.0 Å². The standard InChI is InChI=1S/C10H12BrNO2/c1-7-4-3-5-9(8(2)6-11)10(7)12(13)14/h3-5,8H,6H2,1-2H3. The molecule has 1 aromatic carbocycles. The predicted octanol–water partition coefficient (Wildman–Crippen LogP) is 3.40. The molecule has 1 aromatic rings. The van der Waals surface area contributed by atoms with Gasteiger partial charge in [-0.25, -0.2) is 0 Å². The summed E-state index contributed by atoms with van der Waals surface area (Å²) in [6.07, 6.45) is 0. The molecule has 0 spiro atoms. The molecule has 0 aliphatic carbocycles. The van der Waals surface area contributed by atoms with Crippen molar-refractivity contribution in [2.75, 3.05) is 5.33 Å². The van der Waals surface area contributed by atoms with Crippen LogP contribution in [0.4, 0.5) is 5.69 Å². The Morgan fingerprint density at radius 3 is 2.71 bits per heavy atom. The first-order chi connectivity index (χ1) is 6.57. The van der Waals surface area contributed by atoms with Crippen molar-refractivity contribution in [1.82, 2.24) is 0 Å². The monoisotopic (exact) mass is 257 g/mol. The third kappa shape index (κ3) is 2.12. The average molecular weight is 258 g/mol. The van der Waals surface area contributed by atoms with E-state index >= 15 is 0 Å². The molecule has 1 rings (SSSR count). The van der Waals surface area contributed by atoms with Crippen molar-refractivity contribution in [2.24, 2.45) is 0 Å². The Morgan fingerprint density at radius 2 is 2.21 bits per heavy atom. The maximum Gasteiger partial charge on any atom is 0.275 e. The lowest BCUT2D eigenvalue weighted by molar-refractivity contribution is -0.386. The number of hydrogen-bond donors (Lipinski definition) is 0. The van der Waals surface area contributed by atoms with Crippen LogP contribution in [-0.4, -0.2) is 10.3 Å². The van der Waals surface area contributed by atoms with Gasteiger partial charge in [0.15, 0.2) is 0 Å². The summed E-state index contributed by atoms with van der Waals surface area (Å²) in [7, 11) is 0. The Bertz CT molecular complexity index is 352. The van der Waals surface area contributed by atoms with Crippen molar-refractivity contribution < 1.29 is 4.92 Å². The van der Waals surface area contributed by atoms with E-state index in [1.165, 1.54) is 0 Å². The molecule has 3 nitrogen and oxygen atoms in total. The number of benzene rings is 1. The number of rotatable bonds is 3. The normalized spacial score (nSPS) is 12.5. The molecule has 0 N–H and O–H groups in total. The van der Waals surface area contributed by atoms with Crippen LogP contribution in [-0.2, 0) is 0 Å². The molecular weight excluding hydrogens is 246 g/mol. The number of para-hydroxylation sites is 1. The van der Waals surface area contributed by atoms with E-state index < -0.39 is 0 Å². The third-order valence-corrected chi connectivity index (χ3v) is 3.19. The average Bonchev–Trinajstić information content (AvgIpc) is 2.15. The van der Waals surface area contributed by atoms with Crippen molar-refractivity contribution >= 4 is 21.6 Å². The van der Waals surface area contributed by atoms with Crippen LogP contribution >= 0.6 is 15.9 Å². The highest BCUT2D eigenvalue weighted by Gasteiger charge is 2.20. The lowest BCUT2D eigenvalue weighted by Gasteiger charge is -2.09. The second-order valence-electron chi connectivity index (χ2n) is 3.33. The summed E-state index contributed by atoms with van der Waals surface area (Å²) in [5.74, 6) is 0.162. The Labute approximate surface area is 91.4 Å². The van der Waals surface area contributed by atoms with Crippen LogP contribution < -0.4 is 0 Å². The number of hydrogen-bond acceptors (Lipinski definition) is 2. The zero-order valence-electron chi connectivity index (χ0n) is 8.16. The molecule has 0 radical (unpaired) electrons. The Balaban J connectivity index is 3.28. The van der Waals surface area contributed by atoms with Crippen LogP contribution in [0.2, 0.25) is 0 Å². The van der Waals surface area contributed by atoms with E-state index in [1.807, 2.05) is 19.1 Å². The summed E-state index contributed by atoms with van der Waals surface area (Å²) in [6, 6.07) is 5.44. The molecule has 4 heteroatoms. The van der Waals surface area contributed by atoms with E-state index in [4.69, 9.17) is 0 Å². The maximum atomic E-state index is 10.9. The van der Waals surface area contributed by atoms with E-state index in [2.05, 4.69) is 15.9 Å². The molecule has 0 heterocycles. The van der Waals surface area contributed by atoms with E-state index in [9.17, 15) is 10.1 Å². The maximum absolute atomic E-state index is 10.9. The molecule has 0 aliphatic heterocycles. The molecule has 0 aromatic heterocycles. The second kappa shape index (κ2) is 4.55. The number of nitrogens with zero attached hydrogens (tertiary/aromatic N) is 1. The minimum Gasteiger partial charge on any atom is -0.258 e. The quantitative estimate of drug-likeness (QED) is 0.473. The van der Waals surface area contributed by atoms with Gasteiger partial charge in [0.25, 0.3) is 5.69 Å². The van der Waals surface area contributed by atoms with Gasteiger partial charge in [0.1, 0.15) is 0 Å². The van der Waals surface area contributed by atoms with Crippen molar-refractivity contribution in [3.63, 3.8) is 0 Å². The van der Waals surface area contributed by atoms with Crippen LogP contribution in [0.5, 0.6) is 0 Å². The zero-order valence-corrected chi connectivity index (χ0v) is 9.74. The van der Waals surface area contributed by atoms with Crippen LogP contribution in [0.25, 0.3) is 0 Å². The second-order valence-corrected chi connectivity index (χ2v) is 3.97. The van der Waals surface area contributed by atoms with E-state index in [0.29, 0.717) is 0 Å². The molecular formula is C10H12BrNO2. The Kier molecular flexibility index (Phi) is 3.63. The fraction of sp³-hybridized carbons (Fsp3) is 0.400. The lowest BCUT2D eigenvalue weighted by atomic mass is 9.98. The van der Waals surface area contributed by atoms with Gasteiger partial charge in [0, 0.05) is 16.5 Å². The third-order valence-electron chi connectivity index (χ3n) is 2.21. The van der Waals surface area contributed by atoms with Gasteiger partial charge in [-0.2, -0.15) is 0 Å². The van der Waals surface area contributed by atoms with E-state index in [-0.39, 0.29) is 16.5 Å². The van der Waals surface area contributed by atoms with Gasteiger partial charge in [-0.3, -0.25) is 10.1 Å². The molecule has 1 atom stereocenters. The number of nitro benzene ring substituents is 1. The molecule has 0 saturated heterocycles. The molecule has 76 valence electrons. The topological polar surface area (TPSA) is 43.1 Å². The number of alkyl halides is 1. The van der Waals surface area contributed by atoms with Gasteiger partial charge in [0.2, 0.25) is 0 Å². The predicted molar refractivity (Wildman–Crippen MR) is 60.0 cm³/mol. The highest BCUT2D eigenvalue weighted by atomic mass is 79.9. The van der Waals surface area contributed by atoms with Crippen LogP contribution in [0.3, 0.4) is 0 Å². The largest absolute Gasteiger partial charge is 0.275 e. The van der Waals surface area contributed by atoms with Gasteiger partial charge in [-0.15, -0.1) is 0 Å². The Hall–Kier alpha value is -0.900. The smallest absolute Gasteiger partial charge is 0.258 e. The molecule has 0 bridgehead atoms. The highest BCUT2D eigenvalue weighted by molar-refractivity contribution is 9.09. The molecule has 14 heavy (non-hydrogen) atoms. The van der Waals surface area contributed by atoms with Gasteiger partial charge in [-0.05, 0) is 12.8 Å². The van der Waals surface area contributed by atoms with E-state index in [0.717, 1.165) is 16.5 Å². The first-order valence-electron chi connectivity index (χ1n) is 4.37. The van der Waals surface area contributed by atoms with Crippen LogP contribution in [0, 0.1) is 17.0 Å². The summed E-state index contributed by atoms with van der Waals surface area (Å²) < 4.78 is 0. The van der Waals surface area contributed by atoms with Crippen molar-refractivity contribution in [3.05, 3.63) is 39.4 Å². The zero-order chi connectivity index (χ0) is 10.7. The molecule has 0 fully saturated rings. The Morgan fingerprint density at radius 1 is 1.57 bits per heavy atom. The number of nitro groups is 1. The van der Waals surface area contributed by atoms with Gasteiger partial charge >= 0.3 is 0 Å². The highest BCUT2D eigenvalue weighted by Crippen LogP contribution is 2.30. The van der Waals surface area contributed by atoms with Gasteiger partial charge < -0.3 is 0 Å². The molecule has 0 saturated carbocycles. The van der Waals surface area contributed by atoms with Crippen molar-refractivity contribution in [2.45, 2.75) is 19.8 Å². The number of halogens is 1. The number of aryl methyl sites for hydroxylation is 1. The van der Waals surface area contributed by atoms with Gasteiger partial charge in [-0.1, -0.05) is 41.1 Å². The van der Waals surface area contributed by atoms with Crippen LogP contribution in [0.1, 0.15) is 24.0 Å². The van der Waals surface area contributed by atoms with Gasteiger partial charge in [0.05, 0.1) is 4.92 Å². The summed E-state index contributed by atoms with van der Waals surface area (Å²) in [5.41, 5.74) is 1.77. The summed E-state index contributed by atoms with van der Waals surface area (Å²) in [4.78, 5) is 10.6.